The average Bonchev–Trinajstić information content (AvgIpc) is 2.12. The van der Waals surface area contributed by atoms with Gasteiger partial charge in [-0.15, -0.1) is 0 Å². The minimum Gasteiger partial charge on any atom is -0.389 e. The molecule has 0 bridgehead atoms. The van der Waals surface area contributed by atoms with Crippen molar-refractivity contribution in [1.82, 2.24) is 4.90 Å². The smallest absolute Gasteiger partial charge is 0.222 e. The van der Waals surface area contributed by atoms with Crippen LogP contribution in [0, 0.1) is 0 Å². The highest BCUT2D eigenvalue weighted by Gasteiger charge is 2.27. The standard InChI is InChI=1S/C10H20N2O2/c11-6-4-2-1-3-5-10(14)12-7-9(13)8-12/h9,13H,1-8,11H2. The molecule has 0 atom stereocenters. The first-order chi connectivity index (χ1) is 6.74. The van der Waals surface area contributed by atoms with Crippen molar-refractivity contribution in [2.24, 2.45) is 5.73 Å². The number of β-amino-alcohol motifs (C(OH)–C–C–N with tert-alkyl or cyclic N) is 1. The summed E-state index contributed by atoms with van der Waals surface area (Å²) in [5.74, 6) is 0.183. The van der Waals surface area contributed by atoms with Crippen LogP contribution >= 0.6 is 0 Å². The fraction of sp³-hybridized carbons (Fsp3) is 0.900. The summed E-state index contributed by atoms with van der Waals surface area (Å²) >= 11 is 0. The Morgan fingerprint density at radius 3 is 2.50 bits per heavy atom. The molecule has 0 spiro atoms. The molecule has 4 nitrogen and oxygen atoms in total. The van der Waals surface area contributed by atoms with Gasteiger partial charge in [-0.05, 0) is 19.4 Å². The Kier molecular flexibility index (Phi) is 4.90. The Morgan fingerprint density at radius 2 is 1.93 bits per heavy atom. The third kappa shape index (κ3) is 3.64. The van der Waals surface area contributed by atoms with E-state index in [1.165, 1.54) is 0 Å². The lowest BCUT2D eigenvalue weighted by Crippen LogP contribution is -2.53. The number of carbonyl (C=O) groups is 1. The fourth-order valence-corrected chi connectivity index (χ4v) is 1.59. The molecule has 1 amide bonds. The van der Waals surface area contributed by atoms with Gasteiger partial charge in [-0.1, -0.05) is 12.8 Å². The summed E-state index contributed by atoms with van der Waals surface area (Å²) in [6.45, 7) is 1.80. The largest absolute Gasteiger partial charge is 0.389 e. The first-order valence-corrected chi connectivity index (χ1v) is 5.40. The molecule has 4 heteroatoms. The molecular weight excluding hydrogens is 180 g/mol. The monoisotopic (exact) mass is 200 g/mol. The number of aliphatic hydroxyl groups excluding tert-OH is 1. The van der Waals surface area contributed by atoms with Crippen molar-refractivity contribution in [3.05, 3.63) is 0 Å². The quantitative estimate of drug-likeness (QED) is 0.598. The molecular formula is C10H20N2O2. The SMILES string of the molecule is NCCCCCCC(=O)N1CC(O)C1. The second-order valence-corrected chi connectivity index (χ2v) is 3.91. The molecule has 0 aromatic heterocycles. The van der Waals surface area contributed by atoms with Gasteiger partial charge in [0, 0.05) is 19.5 Å². The molecule has 0 aliphatic carbocycles. The maximum atomic E-state index is 11.4. The zero-order chi connectivity index (χ0) is 10.4. The highest BCUT2D eigenvalue weighted by atomic mass is 16.3. The summed E-state index contributed by atoms with van der Waals surface area (Å²) in [5.41, 5.74) is 5.36. The average molecular weight is 200 g/mol. The summed E-state index contributed by atoms with van der Waals surface area (Å²) in [6.07, 6.45) is 4.54. The molecule has 0 saturated carbocycles. The first-order valence-electron chi connectivity index (χ1n) is 5.40. The number of carbonyl (C=O) groups excluding carboxylic acids is 1. The summed E-state index contributed by atoms with van der Waals surface area (Å²) in [6, 6.07) is 0. The van der Waals surface area contributed by atoms with Crippen molar-refractivity contribution in [3.8, 4) is 0 Å². The van der Waals surface area contributed by atoms with Gasteiger partial charge < -0.3 is 15.7 Å². The van der Waals surface area contributed by atoms with Gasteiger partial charge in [-0.25, -0.2) is 0 Å². The molecule has 14 heavy (non-hydrogen) atoms. The number of nitrogens with two attached hydrogens (primary N) is 1. The Balaban J connectivity index is 1.93. The summed E-state index contributed by atoms with van der Waals surface area (Å²) in [5, 5.41) is 9.00. The van der Waals surface area contributed by atoms with Crippen molar-refractivity contribution in [2.45, 2.75) is 38.2 Å². The third-order valence-electron chi connectivity index (χ3n) is 2.56. The third-order valence-corrected chi connectivity index (χ3v) is 2.56. The second-order valence-electron chi connectivity index (χ2n) is 3.91. The summed E-state index contributed by atoms with van der Waals surface area (Å²) in [4.78, 5) is 13.1. The van der Waals surface area contributed by atoms with Crippen LogP contribution in [0.25, 0.3) is 0 Å². The number of hydrogen-bond acceptors (Lipinski definition) is 3. The second kappa shape index (κ2) is 5.98. The van der Waals surface area contributed by atoms with Crippen LogP contribution in [0.4, 0.5) is 0 Å². The minimum absolute atomic E-state index is 0.183. The molecule has 82 valence electrons. The van der Waals surface area contributed by atoms with Crippen LogP contribution in [0.1, 0.15) is 32.1 Å². The van der Waals surface area contributed by atoms with E-state index < -0.39 is 0 Å². The lowest BCUT2D eigenvalue weighted by atomic mass is 10.1. The molecule has 1 aliphatic heterocycles. The molecule has 1 aliphatic rings. The number of aliphatic hydroxyl groups is 1. The number of rotatable bonds is 6. The Hall–Kier alpha value is -0.610. The summed E-state index contributed by atoms with van der Waals surface area (Å²) < 4.78 is 0. The van der Waals surface area contributed by atoms with E-state index in [4.69, 9.17) is 10.8 Å². The van der Waals surface area contributed by atoms with Crippen LogP contribution in [-0.4, -0.2) is 41.7 Å². The van der Waals surface area contributed by atoms with Crippen LogP contribution in [0.2, 0.25) is 0 Å². The zero-order valence-corrected chi connectivity index (χ0v) is 8.61. The number of nitrogens with zero attached hydrogens (tertiary/aromatic N) is 1. The molecule has 0 aromatic carbocycles. The van der Waals surface area contributed by atoms with Crippen LogP contribution < -0.4 is 5.73 Å². The van der Waals surface area contributed by atoms with E-state index in [0.717, 1.165) is 32.2 Å². The van der Waals surface area contributed by atoms with Gasteiger partial charge >= 0.3 is 0 Å². The fourth-order valence-electron chi connectivity index (χ4n) is 1.59. The Morgan fingerprint density at radius 1 is 1.29 bits per heavy atom. The van der Waals surface area contributed by atoms with E-state index in [1.54, 1.807) is 4.90 Å². The number of hydrogen-bond donors (Lipinski definition) is 2. The van der Waals surface area contributed by atoms with E-state index in [1.807, 2.05) is 0 Å². The van der Waals surface area contributed by atoms with Crippen LogP contribution in [0.15, 0.2) is 0 Å². The number of amides is 1. The molecule has 0 unspecified atom stereocenters. The number of unbranched alkanes of at least 4 members (excludes halogenated alkanes) is 3. The lowest BCUT2D eigenvalue weighted by Gasteiger charge is -2.35. The van der Waals surface area contributed by atoms with Crippen molar-refractivity contribution in [2.75, 3.05) is 19.6 Å². The molecule has 3 N–H and O–H groups in total. The van der Waals surface area contributed by atoms with Gasteiger partial charge in [-0.3, -0.25) is 4.79 Å². The molecule has 1 rings (SSSR count). The van der Waals surface area contributed by atoms with Crippen molar-refractivity contribution in [3.63, 3.8) is 0 Å². The van der Waals surface area contributed by atoms with Crippen molar-refractivity contribution in [1.29, 1.82) is 0 Å². The zero-order valence-electron chi connectivity index (χ0n) is 8.61. The van der Waals surface area contributed by atoms with E-state index in [0.29, 0.717) is 19.5 Å². The first kappa shape index (κ1) is 11.5. The maximum absolute atomic E-state index is 11.4. The predicted molar refractivity (Wildman–Crippen MR) is 54.7 cm³/mol. The normalized spacial score (nSPS) is 16.9. The van der Waals surface area contributed by atoms with Gasteiger partial charge in [0.1, 0.15) is 0 Å². The van der Waals surface area contributed by atoms with Gasteiger partial charge in [0.15, 0.2) is 0 Å². The van der Waals surface area contributed by atoms with Crippen LogP contribution in [0.3, 0.4) is 0 Å². The topological polar surface area (TPSA) is 66.6 Å². The van der Waals surface area contributed by atoms with Crippen molar-refractivity contribution < 1.29 is 9.90 Å². The molecule has 0 aromatic rings. The van der Waals surface area contributed by atoms with Gasteiger partial charge in [0.25, 0.3) is 0 Å². The number of likely N-dealkylation sites (tertiary alicyclic amines) is 1. The Labute approximate surface area is 85.1 Å². The van der Waals surface area contributed by atoms with E-state index in [2.05, 4.69) is 0 Å². The molecule has 0 radical (unpaired) electrons. The van der Waals surface area contributed by atoms with Gasteiger partial charge in [-0.2, -0.15) is 0 Å². The highest BCUT2D eigenvalue weighted by molar-refractivity contribution is 5.77. The molecule has 1 heterocycles. The van der Waals surface area contributed by atoms with Crippen LogP contribution in [-0.2, 0) is 4.79 Å². The van der Waals surface area contributed by atoms with E-state index >= 15 is 0 Å². The summed E-state index contributed by atoms with van der Waals surface area (Å²) in [7, 11) is 0. The Bertz CT molecular complexity index is 179. The molecule has 1 saturated heterocycles. The lowest BCUT2D eigenvalue weighted by molar-refractivity contribution is -0.141. The van der Waals surface area contributed by atoms with Crippen LogP contribution in [0.5, 0.6) is 0 Å². The highest BCUT2D eigenvalue weighted by Crippen LogP contribution is 2.11. The van der Waals surface area contributed by atoms with Gasteiger partial charge in [0.2, 0.25) is 5.91 Å². The molecule has 1 fully saturated rings. The maximum Gasteiger partial charge on any atom is 0.222 e. The van der Waals surface area contributed by atoms with E-state index in [9.17, 15) is 4.79 Å². The van der Waals surface area contributed by atoms with Gasteiger partial charge in [0.05, 0.1) is 6.10 Å². The van der Waals surface area contributed by atoms with Crippen molar-refractivity contribution >= 4 is 5.91 Å². The van der Waals surface area contributed by atoms with E-state index in [-0.39, 0.29) is 12.0 Å². The minimum atomic E-state index is -0.281. The predicted octanol–water partition coefficient (Wildman–Crippen LogP) is 0.0987.